The van der Waals surface area contributed by atoms with Gasteiger partial charge < -0.3 is 10.1 Å². The Balaban J connectivity index is 1.76. The maximum absolute atomic E-state index is 13.2. The molecule has 20 heavy (non-hydrogen) atoms. The maximum atomic E-state index is 13.2. The normalized spacial score (nSPS) is 14.3. The van der Waals surface area contributed by atoms with Crippen molar-refractivity contribution < 1.29 is 9.13 Å². The minimum Gasteiger partial charge on any atom is -0.455 e. The zero-order chi connectivity index (χ0) is 13.9. The smallest absolute Gasteiger partial charge is 0.150 e. The van der Waals surface area contributed by atoms with Gasteiger partial charge in [-0.3, -0.25) is 4.98 Å². The van der Waals surface area contributed by atoms with Crippen LogP contribution in [0.1, 0.15) is 18.4 Å². The van der Waals surface area contributed by atoms with Crippen LogP contribution in [0.5, 0.6) is 11.5 Å². The Bertz CT molecular complexity index is 617. The van der Waals surface area contributed by atoms with Crippen LogP contribution in [0.25, 0.3) is 0 Å². The third-order valence-corrected chi connectivity index (χ3v) is 3.76. The lowest BCUT2D eigenvalue weighted by Crippen LogP contribution is -2.15. The first-order chi connectivity index (χ1) is 9.72. The van der Waals surface area contributed by atoms with E-state index in [2.05, 4.69) is 26.2 Å². The van der Waals surface area contributed by atoms with E-state index in [4.69, 9.17) is 4.74 Å². The van der Waals surface area contributed by atoms with E-state index < -0.39 is 0 Å². The minimum absolute atomic E-state index is 0.306. The molecule has 1 aliphatic carbocycles. The summed E-state index contributed by atoms with van der Waals surface area (Å²) in [7, 11) is 0. The average Bonchev–Trinajstić information content (AvgIpc) is 3.26. The van der Waals surface area contributed by atoms with E-state index in [9.17, 15) is 4.39 Å². The first-order valence-electron chi connectivity index (χ1n) is 6.51. The van der Waals surface area contributed by atoms with Crippen molar-refractivity contribution in [3.8, 4) is 11.5 Å². The van der Waals surface area contributed by atoms with Gasteiger partial charge in [0.2, 0.25) is 0 Å². The van der Waals surface area contributed by atoms with Crippen molar-refractivity contribution in [1.29, 1.82) is 0 Å². The van der Waals surface area contributed by atoms with Gasteiger partial charge in [-0.25, -0.2) is 4.39 Å². The van der Waals surface area contributed by atoms with Crippen molar-refractivity contribution in [2.45, 2.75) is 25.4 Å². The number of ether oxygens (including phenoxy) is 1. The van der Waals surface area contributed by atoms with Gasteiger partial charge in [-0.1, -0.05) is 0 Å². The number of benzene rings is 1. The molecule has 0 radical (unpaired) electrons. The van der Waals surface area contributed by atoms with E-state index in [1.807, 2.05) is 6.07 Å². The van der Waals surface area contributed by atoms with E-state index in [-0.39, 0.29) is 5.82 Å². The van der Waals surface area contributed by atoms with Crippen LogP contribution < -0.4 is 10.1 Å². The summed E-state index contributed by atoms with van der Waals surface area (Å²) in [4.78, 5) is 4.09. The summed E-state index contributed by atoms with van der Waals surface area (Å²) in [6.07, 6.45) is 5.91. The molecule has 2 aromatic rings. The standard InChI is InChI=1S/C15H14BrFN2O/c16-13-7-12(3-4-14(13)17)20-15-9-18-6-5-10(15)8-19-11-1-2-11/h3-7,9,11,19H,1-2,8H2. The number of rotatable bonds is 5. The number of nitrogens with one attached hydrogen (secondary N) is 1. The number of nitrogens with zero attached hydrogens (tertiary/aromatic N) is 1. The van der Waals surface area contributed by atoms with Crippen LogP contribution >= 0.6 is 15.9 Å². The SMILES string of the molecule is Fc1ccc(Oc2cnccc2CNC2CC2)cc1Br. The number of hydrogen-bond acceptors (Lipinski definition) is 3. The van der Waals surface area contributed by atoms with Crippen molar-refractivity contribution in [1.82, 2.24) is 10.3 Å². The van der Waals surface area contributed by atoms with E-state index in [0.29, 0.717) is 22.0 Å². The van der Waals surface area contributed by atoms with Crippen LogP contribution in [0.2, 0.25) is 0 Å². The molecule has 0 saturated heterocycles. The summed E-state index contributed by atoms with van der Waals surface area (Å²) in [5.41, 5.74) is 1.05. The van der Waals surface area contributed by atoms with E-state index >= 15 is 0 Å². The third kappa shape index (κ3) is 3.35. The molecule has 0 amide bonds. The largest absolute Gasteiger partial charge is 0.455 e. The topological polar surface area (TPSA) is 34.1 Å². The van der Waals surface area contributed by atoms with Crippen molar-refractivity contribution >= 4 is 15.9 Å². The average molecular weight is 337 g/mol. The van der Waals surface area contributed by atoms with Crippen LogP contribution in [-0.2, 0) is 6.54 Å². The molecule has 3 rings (SSSR count). The Kier molecular flexibility index (Phi) is 3.98. The molecule has 0 bridgehead atoms. The Morgan fingerprint density at radius 1 is 1.35 bits per heavy atom. The summed E-state index contributed by atoms with van der Waals surface area (Å²) < 4.78 is 19.4. The van der Waals surface area contributed by atoms with Crippen molar-refractivity contribution in [3.05, 3.63) is 52.5 Å². The fourth-order valence-electron chi connectivity index (χ4n) is 1.86. The number of pyridine rings is 1. The van der Waals surface area contributed by atoms with Crippen molar-refractivity contribution in [2.75, 3.05) is 0 Å². The molecule has 1 N–H and O–H groups in total. The molecule has 3 nitrogen and oxygen atoms in total. The first-order valence-corrected chi connectivity index (χ1v) is 7.31. The van der Waals surface area contributed by atoms with Gasteiger partial charge in [0, 0.05) is 24.3 Å². The molecule has 104 valence electrons. The Morgan fingerprint density at radius 2 is 2.20 bits per heavy atom. The molecule has 0 aliphatic heterocycles. The molecule has 1 aliphatic rings. The fraction of sp³-hybridized carbons (Fsp3) is 0.267. The summed E-state index contributed by atoms with van der Waals surface area (Å²) in [5.74, 6) is 0.970. The number of hydrogen-bond donors (Lipinski definition) is 1. The summed E-state index contributed by atoms with van der Waals surface area (Å²) in [6.45, 7) is 0.755. The van der Waals surface area contributed by atoms with Gasteiger partial charge in [-0.15, -0.1) is 0 Å². The predicted molar refractivity (Wildman–Crippen MR) is 78.3 cm³/mol. The lowest BCUT2D eigenvalue weighted by atomic mass is 10.2. The highest BCUT2D eigenvalue weighted by Crippen LogP contribution is 2.28. The minimum atomic E-state index is -0.306. The highest BCUT2D eigenvalue weighted by atomic mass is 79.9. The van der Waals surface area contributed by atoms with Crippen LogP contribution in [0.4, 0.5) is 4.39 Å². The van der Waals surface area contributed by atoms with Crippen LogP contribution in [-0.4, -0.2) is 11.0 Å². The van der Waals surface area contributed by atoms with Crippen LogP contribution in [0, 0.1) is 5.82 Å². The Hall–Kier alpha value is -1.46. The number of halogens is 2. The summed E-state index contributed by atoms with van der Waals surface area (Å²) in [5, 5.41) is 3.44. The maximum Gasteiger partial charge on any atom is 0.150 e. The molecule has 1 aromatic carbocycles. The quantitative estimate of drug-likeness (QED) is 0.895. The second-order valence-electron chi connectivity index (χ2n) is 4.82. The summed E-state index contributed by atoms with van der Waals surface area (Å²) >= 11 is 3.15. The Morgan fingerprint density at radius 3 is 2.95 bits per heavy atom. The predicted octanol–water partition coefficient (Wildman–Crippen LogP) is 4.03. The molecule has 5 heteroatoms. The molecular weight excluding hydrogens is 323 g/mol. The van der Waals surface area contributed by atoms with Crippen molar-refractivity contribution in [2.24, 2.45) is 0 Å². The second kappa shape index (κ2) is 5.89. The molecule has 1 fully saturated rings. The van der Waals surface area contributed by atoms with Crippen molar-refractivity contribution in [3.63, 3.8) is 0 Å². The molecule has 0 unspecified atom stereocenters. The van der Waals surface area contributed by atoms with E-state index in [0.717, 1.165) is 12.1 Å². The lowest BCUT2D eigenvalue weighted by molar-refractivity contribution is 0.467. The van der Waals surface area contributed by atoms with Gasteiger partial charge >= 0.3 is 0 Å². The van der Waals surface area contributed by atoms with Gasteiger partial charge in [0.15, 0.2) is 0 Å². The van der Waals surface area contributed by atoms with Gasteiger partial charge in [0.25, 0.3) is 0 Å². The highest BCUT2D eigenvalue weighted by Gasteiger charge is 2.20. The summed E-state index contributed by atoms with van der Waals surface area (Å²) in [6, 6.07) is 7.16. The fourth-order valence-corrected chi connectivity index (χ4v) is 2.21. The molecule has 1 heterocycles. The van der Waals surface area contributed by atoms with Gasteiger partial charge in [0.05, 0.1) is 10.7 Å². The van der Waals surface area contributed by atoms with Gasteiger partial charge in [-0.05, 0) is 53.0 Å². The molecule has 0 spiro atoms. The zero-order valence-corrected chi connectivity index (χ0v) is 12.4. The van der Waals surface area contributed by atoms with Gasteiger partial charge in [0.1, 0.15) is 17.3 Å². The highest BCUT2D eigenvalue weighted by molar-refractivity contribution is 9.10. The van der Waals surface area contributed by atoms with E-state index in [1.165, 1.54) is 18.9 Å². The van der Waals surface area contributed by atoms with E-state index in [1.54, 1.807) is 24.5 Å². The molecule has 0 atom stereocenters. The third-order valence-electron chi connectivity index (χ3n) is 3.15. The van der Waals surface area contributed by atoms with Gasteiger partial charge in [-0.2, -0.15) is 0 Å². The molecular formula is C15H14BrFN2O. The molecule has 1 saturated carbocycles. The first kappa shape index (κ1) is 13.5. The van der Waals surface area contributed by atoms with Crippen LogP contribution in [0.15, 0.2) is 41.1 Å². The Labute approximate surface area is 125 Å². The van der Waals surface area contributed by atoms with Crippen LogP contribution in [0.3, 0.4) is 0 Å². The number of aromatic nitrogens is 1. The molecule has 1 aromatic heterocycles. The zero-order valence-electron chi connectivity index (χ0n) is 10.8. The monoisotopic (exact) mass is 336 g/mol. The second-order valence-corrected chi connectivity index (χ2v) is 5.67. The lowest BCUT2D eigenvalue weighted by Gasteiger charge is -2.11.